The third-order valence-electron chi connectivity index (χ3n) is 6.72. The molecule has 190 valence electrons. The molecule has 5 aromatic rings. The van der Waals surface area contributed by atoms with Gasteiger partial charge in [-0.15, -0.1) is 11.3 Å². The summed E-state index contributed by atoms with van der Waals surface area (Å²) in [5.74, 6) is 0.852. The van der Waals surface area contributed by atoms with Crippen LogP contribution in [0.25, 0.3) is 56.7 Å². The molecule has 6 rings (SSSR count). The van der Waals surface area contributed by atoms with Crippen molar-refractivity contribution in [1.29, 1.82) is 0 Å². The number of nitrogens with one attached hydrogen (secondary N) is 2. The van der Waals surface area contributed by atoms with Crippen molar-refractivity contribution in [2.24, 2.45) is 5.73 Å². The zero-order valence-corrected chi connectivity index (χ0v) is 22.1. The fraction of sp³-hybridized carbons (Fsp3) is 0.172. The van der Waals surface area contributed by atoms with Gasteiger partial charge in [0.1, 0.15) is 11.5 Å². The van der Waals surface area contributed by atoms with Crippen molar-refractivity contribution in [2.75, 3.05) is 18.0 Å². The lowest BCUT2D eigenvalue weighted by atomic mass is 10.1. The number of pyridine rings is 1. The van der Waals surface area contributed by atoms with Gasteiger partial charge in [-0.1, -0.05) is 19.2 Å². The lowest BCUT2D eigenvalue weighted by molar-refractivity contribution is 0.513. The Bertz CT molecular complexity index is 1820. The molecule has 0 saturated carbocycles. The number of nitrogens with zero attached hydrogens (tertiary/aromatic N) is 5. The second kappa shape index (κ2) is 9.51. The number of nitrogens with two attached hydrogens (primary N) is 1. The standard InChI is InChI=1S/C29H28N8S/c1-16(2)25-7-8-26(38-25)29-20-11-23(33-22(20)9-10-32-29)28-18(4)21(35-36-28)6-5-17(3)24-12-31-13-27(34-24)37-14-19(30)15-37/h5-13,19,33,35H,1,4,14-15,30H2,2-3H3/b17-5+,21-6+. The molecular formula is C29H28N8S. The molecule has 5 aromatic heterocycles. The van der Waals surface area contributed by atoms with Crippen LogP contribution in [-0.4, -0.2) is 49.3 Å². The molecule has 4 N–H and O–H groups in total. The van der Waals surface area contributed by atoms with Crippen molar-refractivity contribution in [2.45, 2.75) is 19.9 Å². The van der Waals surface area contributed by atoms with Crippen molar-refractivity contribution in [1.82, 2.24) is 30.1 Å². The van der Waals surface area contributed by atoms with Crippen LogP contribution in [-0.2, 0) is 0 Å². The van der Waals surface area contributed by atoms with Crippen LogP contribution in [0.1, 0.15) is 24.4 Å². The van der Waals surface area contributed by atoms with Crippen molar-refractivity contribution in [3.8, 4) is 22.0 Å². The molecule has 9 heteroatoms. The molecule has 0 amide bonds. The van der Waals surface area contributed by atoms with Gasteiger partial charge in [0.25, 0.3) is 0 Å². The Morgan fingerprint density at radius 1 is 1.18 bits per heavy atom. The van der Waals surface area contributed by atoms with Crippen molar-refractivity contribution >= 4 is 51.9 Å². The molecule has 8 nitrogen and oxygen atoms in total. The zero-order chi connectivity index (χ0) is 26.4. The van der Waals surface area contributed by atoms with Gasteiger partial charge in [0.15, 0.2) is 0 Å². The summed E-state index contributed by atoms with van der Waals surface area (Å²) in [5, 5.41) is 10.4. The molecule has 38 heavy (non-hydrogen) atoms. The maximum atomic E-state index is 5.91. The number of fused-ring (bicyclic) bond motifs is 1. The lowest BCUT2D eigenvalue weighted by Gasteiger charge is -2.37. The van der Waals surface area contributed by atoms with Gasteiger partial charge in [-0.3, -0.25) is 15.1 Å². The van der Waals surface area contributed by atoms with Crippen LogP contribution < -0.4 is 21.2 Å². The first-order valence-electron chi connectivity index (χ1n) is 12.4. The molecule has 0 radical (unpaired) electrons. The SMILES string of the molecule is C=C(C)c1ccc(-c2nccc3[nH]c(-c4n[nH]/c(=C/C=C(\C)c5cncc(N6CC(N)C6)n5)c4=C)cc23)s1. The van der Waals surface area contributed by atoms with Crippen LogP contribution in [0.4, 0.5) is 5.82 Å². The van der Waals surface area contributed by atoms with Crippen LogP contribution in [0.5, 0.6) is 0 Å². The van der Waals surface area contributed by atoms with Crippen LogP contribution in [0.2, 0.25) is 0 Å². The third kappa shape index (κ3) is 4.36. The monoisotopic (exact) mass is 520 g/mol. The second-order valence-corrected chi connectivity index (χ2v) is 10.7. The number of hydrogen-bond donors (Lipinski definition) is 3. The van der Waals surface area contributed by atoms with Gasteiger partial charge in [-0.2, -0.15) is 5.10 Å². The second-order valence-electron chi connectivity index (χ2n) is 9.66. The summed E-state index contributed by atoms with van der Waals surface area (Å²) in [4.78, 5) is 21.7. The van der Waals surface area contributed by atoms with Gasteiger partial charge in [0.2, 0.25) is 0 Å². The number of hydrogen-bond acceptors (Lipinski definition) is 7. The number of aromatic amines is 2. The Morgan fingerprint density at radius 3 is 2.79 bits per heavy atom. The highest BCUT2D eigenvalue weighted by molar-refractivity contribution is 7.16. The summed E-state index contributed by atoms with van der Waals surface area (Å²) in [7, 11) is 0. The number of allylic oxidation sites excluding steroid dienone is 3. The Labute approximate surface area is 224 Å². The Hall–Kier alpha value is -4.34. The summed E-state index contributed by atoms with van der Waals surface area (Å²) in [6.45, 7) is 14.0. The van der Waals surface area contributed by atoms with Crippen molar-refractivity contribution in [3.05, 3.63) is 76.6 Å². The molecule has 0 aromatic carbocycles. The van der Waals surface area contributed by atoms with Gasteiger partial charge in [-0.05, 0) is 55.3 Å². The molecule has 0 atom stereocenters. The van der Waals surface area contributed by atoms with Crippen LogP contribution >= 0.6 is 11.3 Å². The maximum absolute atomic E-state index is 5.91. The van der Waals surface area contributed by atoms with Crippen molar-refractivity contribution in [3.63, 3.8) is 0 Å². The largest absolute Gasteiger partial charge is 0.353 e. The van der Waals surface area contributed by atoms with Gasteiger partial charge in [0, 0.05) is 46.3 Å². The highest BCUT2D eigenvalue weighted by Crippen LogP contribution is 2.35. The minimum atomic E-state index is 0.209. The van der Waals surface area contributed by atoms with E-state index >= 15 is 0 Å². The number of rotatable bonds is 6. The quantitative estimate of drug-likeness (QED) is 0.313. The van der Waals surface area contributed by atoms with E-state index in [0.29, 0.717) is 0 Å². The highest BCUT2D eigenvalue weighted by Gasteiger charge is 2.24. The first-order valence-corrected chi connectivity index (χ1v) is 13.2. The first kappa shape index (κ1) is 24.0. The summed E-state index contributed by atoms with van der Waals surface area (Å²) >= 11 is 1.70. The van der Waals surface area contributed by atoms with E-state index in [9.17, 15) is 0 Å². The smallest absolute Gasteiger partial charge is 0.147 e. The molecule has 0 unspecified atom stereocenters. The van der Waals surface area contributed by atoms with Gasteiger partial charge in [0.05, 0.1) is 39.7 Å². The van der Waals surface area contributed by atoms with E-state index in [-0.39, 0.29) is 6.04 Å². The number of aromatic nitrogens is 6. The Morgan fingerprint density at radius 2 is 2.03 bits per heavy atom. The van der Waals surface area contributed by atoms with Crippen molar-refractivity contribution < 1.29 is 0 Å². The van der Waals surface area contributed by atoms with E-state index in [1.54, 1.807) is 23.7 Å². The average Bonchev–Trinajstić information content (AvgIpc) is 3.63. The van der Waals surface area contributed by atoms with Crippen LogP contribution in [0, 0.1) is 0 Å². The van der Waals surface area contributed by atoms with E-state index in [1.165, 1.54) is 0 Å². The minimum absolute atomic E-state index is 0.209. The van der Waals surface area contributed by atoms with Gasteiger partial charge < -0.3 is 15.6 Å². The topological polar surface area (TPSA) is 112 Å². The molecule has 0 bridgehead atoms. The number of thiophene rings is 1. The normalized spacial score (nSPS) is 14.9. The van der Waals surface area contributed by atoms with Gasteiger partial charge >= 0.3 is 0 Å². The zero-order valence-electron chi connectivity index (χ0n) is 21.3. The first-order chi connectivity index (χ1) is 18.4. The molecule has 0 spiro atoms. The molecule has 6 heterocycles. The molecule has 1 aliphatic rings. The summed E-state index contributed by atoms with van der Waals surface area (Å²) in [5.41, 5.74) is 12.4. The number of H-pyrrole nitrogens is 2. The van der Waals surface area contributed by atoms with E-state index < -0.39 is 0 Å². The Kier molecular flexibility index (Phi) is 6.01. The van der Waals surface area contributed by atoms with E-state index in [0.717, 1.165) is 84.1 Å². The predicted octanol–water partition coefficient (Wildman–Crippen LogP) is 3.95. The summed E-state index contributed by atoms with van der Waals surface area (Å²) < 4.78 is 0. The fourth-order valence-corrected chi connectivity index (χ4v) is 5.45. The molecule has 1 fully saturated rings. The maximum Gasteiger partial charge on any atom is 0.147 e. The van der Waals surface area contributed by atoms with E-state index in [2.05, 4.69) is 61.4 Å². The van der Waals surface area contributed by atoms with Crippen LogP contribution in [0.15, 0.2) is 55.5 Å². The molecule has 1 saturated heterocycles. The van der Waals surface area contributed by atoms with Crippen LogP contribution in [0.3, 0.4) is 0 Å². The summed E-state index contributed by atoms with van der Waals surface area (Å²) in [6.07, 6.45) is 9.36. The van der Waals surface area contributed by atoms with E-state index in [4.69, 9.17) is 10.7 Å². The molecule has 1 aliphatic heterocycles. The highest BCUT2D eigenvalue weighted by atomic mass is 32.1. The number of anilines is 1. The minimum Gasteiger partial charge on any atom is -0.353 e. The molecule has 0 aliphatic carbocycles. The van der Waals surface area contributed by atoms with E-state index in [1.807, 2.05) is 38.3 Å². The Balaban J connectivity index is 1.31. The average molecular weight is 521 g/mol. The fourth-order valence-electron chi connectivity index (χ4n) is 4.50. The van der Waals surface area contributed by atoms with Gasteiger partial charge in [-0.25, -0.2) is 4.98 Å². The predicted molar refractivity (Wildman–Crippen MR) is 157 cm³/mol. The molecular weight excluding hydrogens is 492 g/mol. The lowest BCUT2D eigenvalue weighted by Crippen LogP contribution is -2.56. The third-order valence-corrected chi connectivity index (χ3v) is 7.98. The summed E-state index contributed by atoms with van der Waals surface area (Å²) in [6, 6.07) is 8.48.